The van der Waals surface area contributed by atoms with E-state index in [9.17, 15) is 4.79 Å². The third-order valence-electron chi connectivity index (χ3n) is 4.74. The van der Waals surface area contributed by atoms with E-state index in [1.54, 1.807) is 0 Å². The summed E-state index contributed by atoms with van der Waals surface area (Å²) in [6.45, 7) is 6.75. The highest BCUT2D eigenvalue weighted by atomic mass is 32.1. The van der Waals surface area contributed by atoms with Gasteiger partial charge in [0.05, 0.1) is 12.1 Å². The van der Waals surface area contributed by atoms with E-state index in [2.05, 4.69) is 34.2 Å². The first kappa shape index (κ1) is 17.1. The highest BCUT2D eigenvalue weighted by Gasteiger charge is 2.41. The summed E-state index contributed by atoms with van der Waals surface area (Å²) in [5, 5.41) is 11.1. The Hall–Kier alpha value is -1.73. The molecule has 1 amide bonds. The van der Waals surface area contributed by atoms with E-state index in [0.29, 0.717) is 23.8 Å². The highest BCUT2D eigenvalue weighted by molar-refractivity contribution is 7.08. The normalized spacial score (nSPS) is 16.6. The Labute approximate surface area is 146 Å². The molecule has 130 valence electrons. The van der Waals surface area contributed by atoms with E-state index in [1.807, 2.05) is 16.8 Å². The molecule has 1 fully saturated rings. The predicted molar refractivity (Wildman–Crippen MR) is 92.9 cm³/mol. The predicted octanol–water partition coefficient (Wildman–Crippen LogP) is 3.17. The topological polar surface area (TPSA) is 71.3 Å². The van der Waals surface area contributed by atoms with Crippen molar-refractivity contribution in [2.75, 3.05) is 13.1 Å². The zero-order valence-electron chi connectivity index (χ0n) is 14.2. The number of carbonyl (C=O) groups excluding carboxylic acids is 1. The molecular weight excluding hydrogens is 324 g/mol. The lowest BCUT2D eigenvalue weighted by atomic mass is 9.96. The molecule has 1 saturated carbocycles. The molecule has 0 spiro atoms. The second-order valence-electron chi connectivity index (χ2n) is 6.23. The monoisotopic (exact) mass is 348 g/mol. The first-order valence-corrected chi connectivity index (χ1v) is 9.51. The quantitative estimate of drug-likeness (QED) is 0.832. The van der Waals surface area contributed by atoms with Gasteiger partial charge in [-0.05, 0) is 37.4 Å². The molecule has 0 atom stereocenters. The molecule has 24 heavy (non-hydrogen) atoms. The molecule has 0 saturated heterocycles. The van der Waals surface area contributed by atoms with Crippen LogP contribution in [-0.2, 0) is 12.1 Å². The molecule has 7 heteroatoms. The maximum Gasteiger partial charge on any atom is 0.252 e. The van der Waals surface area contributed by atoms with Crippen molar-refractivity contribution in [1.82, 2.24) is 20.4 Å². The summed E-state index contributed by atoms with van der Waals surface area (Å²) in [4.78, 5) is 19.3. The van der Waals surface area contributed by atoms with Crippen LogP contribution in [0.5, 0.6) is 0 Å². The smallest absolute Gasteiger partial charge is 0.252 e. The van der Waals surface area contributed by atoms with Crippen LogP contribution in [0.2, 0.25) is 0 Å². The molecule has 2 aromatic heterocycles. The maximum absolute atomic E-state index is 12.5. The zero-order valence-corrected chi connectivity index (χ0v) is 15.1. The van der Waals surface area contributed by atoms with Crippen LogP contribution in [0, 0.1) is 0 Å². The molecule has 1 N–H and O–H groups in total. The van der Waals surface area contributed by atoms with Crippen LogP contribution in [0.1, 0.15) is 61.6 Å². The number of hydrogen-bond donors (Lipinski definition) is 1. The second kappa shape index (κ2) is 7.44. The van der Waals surface area contributed by atoms with E-state index in [4.69, 9.17) is 4.52 Å². The Morgan fingerprint density at radius 3 is 2.75 bits per heavy atom. The van der Waals surface area contributed by atoms with Crippen molar-refractivity contribution in [2.24, 2.45) is 0 Å². The largest absolute Gasteiger partial charge is 0.339 e. The minimum atomic E-state index is -0.496. The molecule has 1 aliphatic carbocycles. The van der Waals surface area contributed by atoms with Crippen molar-refractivity contribution in [1.29, 1.82) is 0 Å². The molecule has 0 radical (unpaired) electrons. The number of aromatic nitrogens is 2. The Bertz CT molecular complexity index is 658. The third-order valence-corrected chi connectivity index (χ3v) is 5.43. The lowest BCUT2D eigenvalue weighted by Gasteiger charge is -2.26. The van der Waals surface area contributed by atoms with Gasteiger partial charge in [-0.25, -0.2) is 0 Å². The summed E-state index contributed by atoms with van der Waals surface area (Å²) in [6, 6.07) is 1.84. The Kier molecular flexibility index (Phi) is 5.30. The van der Waals surface area contributed by atoms with Crippen molar-refractivity contribution in [3.63, 3.8) is 0 Å². The van der Waals surface area contributed by atoms with E-state index >= 15 is 0 Å². The van der Waals surface area contributed by atoms with Crippen LogP contribution >= 0.6 is 11.3 Å². The summed E-state index contributed by atoms with van der Waals surface area (Å²) in [6.07, 6.45) is 3.83. The molecule has 6 nitrogen and oxygen atoms in total. The number of hydrogen-bond acceptors (Lipinski definition) is 6. The van der Waals surface area contributed by atoms with Gasteiger partial charge in [-0.1, -0.05) is 31.8 Å². The molecule has 1 aliphatic rings. The first-order chi connectivity index (χ1) is 11.7. The number of thiophene rings is 1. The van der Waals surface area contributed by atoms with Gasteiger partial charge in [-0.2, -0.15) is 16.3 Å². The van der Waals surface area contributed by atoms with Crippen LogP contribution in [0.25, 0.3) is 0 Å². The minimum absolute atomic E-state index is 0.0618. The second-order valence-corrected chi connectivity index (χ2v) is 7.01. The summed E-state index contributed by atoms with van der Waals surface area (Å²) < 4.78 is 5.46. The van der Waals surface area contributed by atoms with Gasteiger partial charge in [-0.15, -0.1) is 0 Å². The van der Waals surface area contributed by atoms with Gasteiger partial charge in [0.1, 0.15) is 5.54 Å². The summed E-state index contributed by atoms with van der Waals surface area (Å²) >= 11 is 1.52. The van der Waals surface area contributed by atoms with Crippen LogP contribution in [-0.4, -0.2) is 34.0 Å². The van der Waals surface area contributed by atoms with E-state index < -0.39 is 5.54 Å². The fourth-order valence-electron chi connectivity index (χ4n) is 3.22. The van der Waals surface area contributed by atoms with Gasteiger partial charge in [-0.3, -0.25) is 9.69 Å². The van der Waals surface area contributed by atoms with Crippen molar-refractivity contribution >= 4 is 17.2 Å². The fourth-order valence-corrected chi connectivity index (χ4v) is 3.85. The van der Waals surface area contributed by atoms with Gasteiger partial charge in [0.2, 0.25) is 5.89 Å². The average molecular weight is 348 g/mol. The number of nitrogens with one attached hydrogen (secondary N) is 1. The van der Waals surface area contributed by atoms with E-state index in [1.165, 1.54) is 11.3 Å². The van der Waals surface area contributed by atoms with Crippen molar-refractivity contribution < 1.29 is 9.32 Å². The van der Waals surface area contributed by atoms with Crippen LogP contribution in [0.3, 0.4) is 0 Å². The van der Waals surface area contributed by atoms with Crippen LogP contribution < -0.4 is 5.32 Å². The molecule has 0 aromatic carbocycles. The number of nitrogens with zero attached hydrogens (tertiary/aromatic N) is 3. The SMILES string of the molecule is CCN(CC)Cc1nc(C2(NC(=O)c3ccsc3)CCCC2)no1. The maximum atomic E-state index is 12.5. The molecule has 0 unspecified atom stereocenters. The molecule has 3 rings (SSSR count). The summed E-state index contributed by atoms with van der Waals surface area (Å²) in [7, 11) is 0. The van der Waals surface area contributed by atoms with Crippen molar-refractivity contribution in [3.05, 3.63) is 34.1 Å². The van der Waals surface area contributed by atoms with Gasteiger partial charge in [0.25, 0.3) is 5.91 Å². The van der Waals surface area contributed by atoms with Crippen LogP contribution in [0.4, 0.5) is 0 Å². The molecule has 2 heterocycles. The van der Waals surface area contributed by atoms with Gasteiger partial charge < -0.3 is 9.84 Å². The van der Waals surface area contributed by atoms with Gasteiger partial charge in [0, 0.05) is 5.38 Å². The summed E-state index contributed by atoms with van der Waals surface area (Å²) in [5.74, 6) is 1.17. The lowest BCUT2D eigenvalue weighted by Crippen LogP contribution is -2.44. The van der Waals surface area contributed by atoms with Gasteiger partial charge >= 0.3 is 0 Å². The zero-order chi connectivity index (χ0) is 17.0. The third kappa shape index (κ3) is 3.52. The van der Waals surface area contributed by atoms with Crippen molar-refractivity contribution in [3.8, 4) is 0 Å². The molecular formula is C17H24N4O2S. The fraction of sp³-hybridized carbons (Fsp3) is 0.588. The van der Waals surface area contributed by atoms with E-state index in [0.717, 1.165) is 38.8 Å². The number of carbonyl (C=O) groups is 1. The molecule has 0 aliphatic heterocycles. The van der Waals surface area contributed by atoms with Crippen molar-refractivity contribution in [2.45, 2.75) is 51.6 Å². The Morgan fingerprint density at radius 1 is 1.38 bits per heavy atom. The van der Waals surface area contributed by atoms with Crippen LogP contribution in [0.15, 0.2) is 21.3 Å². The molecule has 2 aromatic rings. The Balaban J connectivity index is 1.78. The van der Waals surface area contributed by atoms with E-state index in [-0.39, 0.29) is 5.91 Å². The standard InChI is InChI=1S/C17H24N4O2S/c1-3-21(4-2)11-14-18-16(20-23-14)17(8-5-6-9-17)19-15(22)13-7-10-24-12-13/h7,10,12H,3-6,8-9,11H2,1-2H3,(H,19,22). The number of amides is 1. The minimum Gasteiger partial charge on any atom is -0.339 e. The first-order valence-electron chi connectivity index (χ1n) is 8.57. The number of rotatable bonds is 7. The molecule has 0 bridgehead atoms. The Morgan fingerprint density at radius 2 is 2.12 bits per heavy atom. The highest BCUT2D eigenvalue weighted by Crippen LogP contribution is 2.37. The summed E-state index contributed by atoms with van der Waals surface area (Å²) in [5.41, 5.74) is 0.197. The van der Waals surface area contributed by atoms with Gasteiger partial charge in [0.15, 0.2) is 5.82 Å². The average Bonchev–Trinajstić information content (AvgIpc) is 3.33. The lowest BCUT2D eigenvalue weighted by molar-refractivity contribution is 0.0892.